The lowest BCUT2D eigenvalue weighted by Gasteiger charge is -2.35. The van der Waals surface area contributed by atoms with E-state index >= 15 is 0 Å². The number of likely N-dealkylation sites (N-methyl/N-ethyl adjacent to an activating group) is 1. The van der Waals surface area contributed by atoms with E-state index in [1.54, 1.807) is 0 Å². The van der Waals surface area contributed by atoms with Crippen LogP contribution in [-0.2, 0) is 0 Å². The highest BCUT2D eigenvalue weighted by atomic mass is 16.5. The number of benzene rings is 1. The first-order valence-electron chi connectivity index (χ1n) is 10.0. The van der Waals surface area contributed by atoms with Gasteiger partial charge in [-0.1, -0.05) is 11.2 Å². The first kappa shape index (κ1) is 19.6. The first-order chi connectivity index (χ1) is 13.9. The quantitative estimate of drug-likeness (QED) is 0.703. The molecule has 1 fully saturated rings. The highest BCUT2D eigenvalue weighted by Gasteiger charge is 2.20. The van der Waals surface area contributed by atoms with Crippen molar-refractivity contribution < 1.29 is 4.52 Å². The molecule has 8 heteroatoms. The lowest BCUT2D eigenvalue weighted by atomic mass is 10.0. The monoisotopic (exact) mass is 395 g/mol. The molecule has 29 heavy (non-hydrogen) atoms. The summed E-state index contributed by atoms with van der Waals surface area (Å²) in [4.78, 5) is 16.3. The number of rotatable bonds is 5. The van der Waals surface area contributed by atoms with Crippen LogP contribution in [0.2, 0.25) is 0 Å². The van der Waals surface area contributed by atoms with Crippen molar-refractivity contribution in [1.82, 2.24) is 24.9 Å². The summed E-state index contributed by atoms with van der Waals surface area (Å²) in [6.07, 6.45) is 0. The highest BCUT2D eigenvalue weighted by molar-refractivity contribution is 5.93. The van der Waals surface area contributed by atoms with E-state index in [1.807, 2.05) is 32.0 Å². The van der Waals surface area contributed by atoms with Crippen LogP contribution in [-0.4, -0.2) is 78.3 Å². The van der Waals surface area contributed by atoms with Gasteiger partial charge >= 0.3 is 0 Å². The SMILES string of the molecule is Cc1noc(C)c1-c1ccc2nc(N3CCN(CCN(C)C)CC3)nc(N)c2c1. The number of anilines is 2. The number of nitrogen functional groups attached to an aromatic ring is 1. The van der Waals surface area contributed by atoms with Crippen molar-refractivity contribution in [3.05, 3.63) is 29.7 Å². The van der Waals surface area contributed by atoms with Gasteiger partial charge in [0.15, 0.2) is 0 Å². The van der Waals surface area contributed by atoms with Gasteiger partial charge in [-0.25, -0.2) is 4.98 Å². The summed E-state index contributed by atoms with van der Waals surface area (Å²) >= 11 is 0. The van der Waals surface area contributed by atoms with Gasteiger partial charge in [0.05, 0.1) is 11.2 Å². The smallest absolute Gasteiger partial charge is 0.227 e. The second-order valence-corrected chi connectivity index (χ2v) is 7.97. The maximum Gasteiger partial charge on any atom is 0.227 e. The van der Waals surface area contributed by atoms with Crippen LogP contribution in [0.15, 0.2) is 22.7 Å². The van der Waals surface area contributed by atoms with Gasteiger partial charge in [-0.05, 0) is 45.6 Å². The van der Waals surface area contributed by atoms with E-state index in [4.69, 9.17) is 15.2 Å². The van der Waals surface area contributed by atoms with Gasteiger partial charge in [-0.3, -0.25) is 4.90 Å². The van der Waals surface area contributed by atoms with E-state index in [0.29, 0.717) is 11.8 Å². The number of aromatic nitrogens is 3. The summed E-state index contributed by atoms with van der Waals surface area (Å²) in [5, 5.41) is 4.91. The highest BCUT2D eigenvalue weighted by Crippen LogP contribution is 2.31. The maximum absolute atomic E-state index is 6.34. The molecule has 0 bridgehead atoms. The van der Waals surface area contributed by atoms with Crippen LogP contribution in [0, 0.1) is 13.8 Å². The summed E-state index contributed by atoms with van der Waals surface area (Å²) < 4.78 is 5.30. The number of nitrogens with zero attached hydrogens (tertiary/aromatic N) is 6. The molecule has 0 atom stereocenters. The molecule has 4 rings (SSSR count). The van der Waals surface area contributed by atoms with Gasteiger partial charge in [0.1, 0.15) is 11.6 Å². The van der Waals surface area contributed by atoms with Crippen LogP contribution >= 0.6 is 0 Å². The Morgan fingerprint density at radius 2 is 1.86 bits per heavy atom. The molecule has 1 saturated heterocycles. The van der Waals surface area contributed by atoms with E-state index in [9.17, 15) is 0 Å². The Bertz CT molecular complexity index is 986. The van der Waals surface area contributed by atoms with Gasteiger partial charge in [-0.15, -0.1) is 0 Å². The van der Waals surface area contributed by atoms with Crippen molar-refractivity contribution in [2.24, 2.45) is 0 Å². The second kappa shape index (κ2) is 7.96. The molecular weight excluding hydrogens is 366 g/mol. The number of aryl methyl sites for hydroxylation is 2. The number of piperazine rings is 1. The van der Waals surface area contributed by atoms with Crippen LogP contribution in [0.3, 0.4) is 0 Å². The van der Waals surface area contributed by atoms with E-state index in [-0.39, 0.29) is 0 Å². The molecule has 3 aromatic rings. The van der Waals surface area contributed by atoms with Crippen molar-refractivity contribution in [3.63, 3.8) is 0 Å². The molecule has 8 nitrogen and oxygen atoms in total. The fourth-order valence-corrected chi connectivity index (χ4v) is 3.84. The third-order valence-electron chi connectivity index (χ3n) is 5.55. The van der Waals surface area contributed by atoms with Gasteiger partial charge in [0.2, 0.25) is 5.95 Å². The third-order valence-corrected chi connectivity index (χ3v) is 5.55. The largest absolute Gasteiger partial charge is 0.383 e. The van der Waals surface area contributed by atoms with Crippen LogP contribution in [0.25, 0.3) is 22.0 Å². The summed E-state index contributed by atoms with van der Waals surface area (Å²) in [7, 11) is 4.22. The van der Waals surface area contributed by atoms with Crippen molar-refractivity contribution in [2.45, 2.75) is 13.8 Å². The van der Waals surface area contributed by atoms with Gasteiger partial charge in [0, 0.05) is 50.2 Å². The minimum Gasteiger partial charge on any atom is -0.383 e. The molecule has 0 amide bonds. The average molecular weight is 396 g/mol. The van der Waals surface area contributed by atoms with Crippen LogP contribution in [0.4, 0.5) is 11.8 Å². The molecule has 0 aliphatic carbocycles. The molecular formula is C21H29N7O. The predicted octanol–water partition coefficient (Wildman–Crippen LogP) is 2.17. The number of fused-ring (bicyclic) bond motifs is 1. The molecule has 0 spiro atoms. The van der Waals surface area contributed by atoms with E-state index in [2.05, 4.69) is 38.9 Å². The van der Waals surface area contributed by atoms with E-state index in [1.165, 1.54) is 0 Å². The van der Waals surface area contributed by atoms with Crippen molar-refractivity contribution in [2.75, 3.05) is 64.0 Å². The Kier molecular flexibility index (Phi) is 5.38. The predicted molar refractivity (Wildman–Crippen MR) is 116 cm³/mol. The minimum absolute atomic E-state index is 0.508. The molecule has 2 aromatic heterocycles. The van der Waals surface area contributed by atoms with E-state index in [0.717, 1.165) is 72.8 Å². The number of hydrogen-bond donors (Lipinski definition) is 1. The Morgan fingerprint density at radius 3 is 2.52 bits per heavy atom. The fourth-order valence-electron chi connectivity index (χ4n) is 3.84. The Hall–Kier alpha value is -2.71. The Balaban J connectivity index is 1.55. The van der Waals surface area contributed by atoms with E-state index < -0.39 is 0 Å². The molecule has 0 unspecified atom stereocenters. The first-order valence-corrected chi connectivity index (χ1v) is 10.0. The van der Waals surface area contributed by atoms with Crippen LogP contribution in [0.1, 0.15) is 11.5 Å². The Labute approximate surface area is 171 Å². The molecule has 1 aliphatic heterocycles. The molecule has 3 heterocycles. The lowest BCUT2D eigenvalue weighted by Crippen LogP contribution is -2.48. The topological polar surface area (TPSA) is 87.6 Å². The molecule has 0 radical (unpaired) electrons. The van der Waals surface area contributed by atoms with Crippen molar-refractivity contribution in [1.29, 1.82) is 0 Å². The zero-order valence-corrected chi connectivity index (χ0v) is 17.6. The standard InChI is InChI=1S/C21H29N7O/c1-14-19(15(2)29-25-14)16-5-6-18-17(13-16)20(22)24-21(23-18)28-11-9-27(10-12-28)8-7-26(3)4/h5-6,13H,7-12H2,1-4H3,(H2,22,23,24). The normalized spacial score (nSPS) is 15.6. The molecule has 154 valence electrons. The van der Waals surface area contributed by atoms with Gasteiger partial charge in [0.25, 0.3) is 0 Å². The fraction of sp³-hybridized carbons (Fsp3) is 0.476. The average Bonchev–Trinajstić information content (AvgIpc) is 3.04. The zero-order valence-electron chi connectivity index (χ0n) is 17.6. The summed E-state index contributed by atoms with van der Waals surface area (Å²) in [5.74, 6) is 2.02. The Morgan fingerprint density at radius 1 is 1.10 bits per heavy atom. The summed E-state index contributed by atoms with van der Waals surface area (Å²) in [6.45, 7) is 9.88. The number of hydrogen-bond acceptors (Lipinski definition) is 8. The van der Waals surface area contributed by atoms with Gasteiger partial charge in [-0.2, -0.15) is 4.98 Å². The third kappa shape index (κ3) is 4.04. The lowest BCUT2D eigenvalue weighted by molar-refractivity contribution is 0.229. The van der Waals surface area contributed by atoms with Crippen LogP contribution < -0.4 is 10.6 Å². The molecule has 1 aliphatic rings. The van der Waals surface area contributed by atoms with Gasteiger partial charge < -0.3 is 20.1 Å². The molecule has 1 aromatic carbocycles. The number of nitrogens with two attached hydrogens (primary N) is 1. The second-order valence-electron chi connectivity index (χ2n) is 7.97. The zero-order chi connectivity index (χ0) is 20.5. The summed E-state index contributed by atoms with van der Waals surface area (Å²) in [5.41, 5.74) is 10.1. The summed E-state index contributed by atoms with van der Waals surface area (Å²) in [6, 6.07) is 6.08. The molecule has 0 saturated carbocycles. The molecule has 2 N–H and O–H groups in total. The van der Waals surface area contributed by atoms with Crippen LogP contribution in [0.5, 0.6) is 0 Å². The van der Waals surface area contributed by atoms with Crippen molar-refractivity contribution in [3.8, 4) is 11.1 Å². The minimum atomic E-state index is 0.508. The van der Waals surface area contributed by atoms with Crippen molar-refractivity contribution >= 4 is 22.7 Å². The maximum atomic E-state index is 6.34.